The molecule has 1 atom stereocenters. The van der Waals surface area contributed by atoms with Crippen molar-refractivity contribution in [1.82, 2.24) is 4.98 Å². The number of benzene rings is 1. The van der Waals surface area contributed by atoms with Gasteiger partial charge in [-0.05, 0) is 43.4 Å². The minimum Gasteiger partial charge on any atom is -0.466 e. The van der Waals surface area contributed by atoms with E-state index in [1.54, 1.807) is 6.20 Å². The molecule has 3 nitrogen and oxygen atoms in total. The molecular formula is C19H23NO2. The lowest BCUT2D eigenvalue weighted by atomic mass is 9.97. The highest BCUT2D eigenvalue weighted by molar-refractivity contribution is 5.69. The maximum Gasteiger partial charge on any atom is 0.306 e. The van der Waals surface area contributed by atoms with Crippen LogP contribution in [0.4, 0.5) is 0 Å². The zero-order valence-corrected chi connectivity index (χ0v) is 13.3. The molecule has 0 fully saturated rings. The van der Waals surface area contributed by atoms with Crippen LogP contribution in [0.15, 0.2) is 48.7 Å². The molecule has 0 aliphatic heterocycles. The highest BCUT2D eigenvalue weighted by Crippen LogP contribution is 2.19. The highest BCUT2D eigenvalue weighted by Gasteiger charge is 2.10. The minimum absolute atomic E-state index is 0.0968. The molecule has 0 aliphatic carbocycles. The number of carbonyl (C=O) groups is 1. The molecule has 116 valence electrons. The third kappa shape index (κ3) is 4.99. The van der Waals surface area contributed by atoms with Crippen molar-refractivity contribution in [2.75, 3.05) is 6.61 Å². The fourth-order valence-corrected chi connectivity index (χ4v) is 2.40. The summed E-state index contributed by atoms with van der Waals surface area (Å²) in [5.41, 5.74) is 3.41. The number of aryl methyl sites for hydroxylation is 1. The van der Waals surface area contributed by atoms with Gasteiger partial charge in [-0.3, -0.25) is 9.78 Å². The van der Waals surface area contributed by atoms with Crippen molar-refractivity contribution in [2.24, 2.45) is 5.92 Å². The standard InChI is InChI=1S/C19H23NO2/c1-3-22-19(21)14-15(2)7-8-16-9-11-17(12-10-16)18-6-4-5-13-20-18/h4-6,9-13,15H,3,7-8,14H2,1-2H3. The van der Waals surface area contributed by atoms with Crippen LogP contribution in [0.3, 0.4) is 0 Å². The largest absolute Gasteiger partial charge is 0.466 e. The molecule has 1 aromatic carbocycles. The number of aromatic nitrogens is 1. The first kappa shape index (κ1) is 16.2. The average molecular weight is 297 g/mol. The lowest BCUT2D eigenvalue weighted by molar-refractivity contribution is -0.144. The molecule has 0 N–H and O–H groups in total. The van der Waals surface area contributed by atoms with E-state index in [9.17, 15) is 4.79 Å². The third-order valence-corrected chi connectivity index (χ3v) is 3.66. The fraction of sp³-hybridized carbons (Fsp3) is 0.368. The van der Waals surface area contributed by atoms with E-state index >= 15 is 0 Å². The second kappa shape index (κ2) is 8.32. The van der Waals surface area contributed by atoms with Crippen LogP contribution in [0.2, 0.25) is 0 Å². The summed E-state index contributed by atoms with van der Waals surface area (Å²) in [5.74, 6) is 0.245. The van der Waals surface area contributed by atoms with Gasteiger partial charge in [-0.2, -0.15) is 0 Å². The van der Waals surface area contributed by atoms with Crippen molar-refractivity contribution >= 4 is 5.97 Å². The second-order valence-electron chi connectivity index (χ2n) is 5.56. The van der Waals surface area contributed by atoms with Gasteiger partial charge < -0.3 is 4.74 Å². The number of nitrogens with zero attached hydrogens (tertiary/aromatic N) is 1. The molecule has 22 heavy (non-hydrogen) atoms. The minimum atomic E-state index is -0.0968. The Labute approximate surface area is 132 Å². The second-order valence-corrected chi connectivity index (χ2v) is 5.56. The van der Waals surface area contributed by atoms with Crippen LogP contribution in [-0.4, -0.2) is 17.6 Å². The molecule has 1 unspecified atom stereocenters. The van der Waals surface area contributed by atoms with Crippen LogP contribution in [0.5, 0.6) is 0 Å². The van der Waals surface area contributed by atoms with Gasteiger partial charge in [0.05, 0.1) is 12.3 Å². The van der Waals surface area contributed by atoms with Crippen molar-refractivity contribution < 1.29 is 9.53 Å². The van der Waals surface area contributed by atoms with Crippen LogP contribution in [0, 0.1) is 5.92 Å². The maximum absolute atomic E-state index is 11.4. The SMILES string of the molecule is CCOC(=O)CC(C)CCc1ccc(-c2ccccn2)cc1. The van der Waals surface area contributed by atoms with Crippen molar-refractivity contribution in [2.45, 2.75) is 33.1 Å². The molecule has 0 saturated heterocycles. The van der Waals surface area contributed by atoms with E-state index in [1.807, 2.05) is 25.1 Å². The normalized spacial score (nSPS) is 11.9. The maximum atomic E-state index is 11.4. The Morgan fingerprint density at radius 2 is 1.95 bits per heavy atom. The first-order valence-electron chi connectivity index (χ1n) is 7.85. The molecule has 0 radical (unpaired) electrons. The van der Waals surface area contributed by atoms with E-state index in [2.05, 4.69) is 36.2 Å². The molecule has 2 rings (SSSR count). The Morgan fingerprint density at radius 1 is 1.18 bits per heavy atom. The molecule has 0 aliphatic rings. The molecule has 2 aromatic rings. The van der Waals surface area contributed by atoms with Gasteiger partial charge in [0.1, 0.15) is 0 Å². The summed E-state index contributed by atoms with van der Waals surface area (Å²) in [6.45, 7) is 4.39. The number of hydrogen-bond acceptors (Lipinski definition) is 3. The molecule has 1 aromatic heterocycles. The number of hydrogen-bond donors (Lipinski definition) is 0. The lowest BCUT2D eigenvalue weighted by Gasteiger charge is -2.10. The van der Waals surface area contributed by atoms with Gasteiger partial charge in [0.2, 0.25) is 0 Å². The summed E-state index contributed by atoms with van der Waals surface area (Å²) in [4.78, 5) is 15.8. The predicted molar refractivity (Wildman–Crippen MR) is 88.4 cm³/mol. The summed E-state index contributed by atoms with van der Waals surface area (Å²) in [6, 6.07) is 14.4. The van der Waals surface area contributed by atoms with Gasteiger partial charge in [0.15, 0.2) is 0 Å². The van der Waals surface area contributed by atoms with Crippen molar-refractivity contribution in [3.05, 3.63) is 54.2 Å². The van der Waals surface area contributed by atoms with Crippen LogP contribution >= 0.6 is 0 Å². The van der Waals surface area contributed by atoms with Gasteiger partial charge in [0, 0.05) is 18.2 Å². The van der Waals surface area contributed by atoms with Crippen molar-refractivity contribution in [1.29, 1.82) is 0 Å². The zero-order chi connectivity index (χ0) is 15.8. The van der Waals surface area contributed by atoms with Crippen LogP contribution in [0.25, 0.3) is 11.3 Å². The first-order chi connectivity index (χ1) is 10.7. The van der Waals surface area contributed by atoms with Crippen LogP contribution in [-0.2, 0) is 16.0 Å². The van der Waals surface area contributed by atoms with Gasteiger partial charge in [0.25, 0.3) is 0 Å². The summed E-state index contributed by atoms with van der Waals surface area (Å²) in [6.07, 6.45) is 4.27. The number of esters is 1. The van der Waals surface area contributed by atoms with E-state index in [0.717, 1.165) is 24.1 Å². The summed E-state index contributed by atoms with van der Waals surface area (Å²) in [5, 5.41) is 0. The van der Waals surface area contributed by atoms with E-state index < -0.39 is 0 Å². The first-order valence-corrected chi connectivity index (χ1v) is 7.85. The smallest absolute Gasteiger partial charge is 0.306 e. The molecule has 0 amide bonds. The Kier molecular flexibility index (Phi) is 6.13. The Morgan fingerprint density at radius 3 is 2.59 bits per heavy atom. The molecule has 0 spiro atoms. The van der Waals surface area contributed by atoms with Crippen molar-refractivity contribution in [3.8, 4) is 11.3 Å². The van der Waals surface area contributed by atoms with E-state index in [0.29, 0.717) is 18.9 Å². The van der Waals surface area contributed by atoms with Gasteiger partial charge in [-0.1, -0.05) is 37.3 Å². The molecular weight excluding hydrogens is 274 g/mol. The van der Waals surface area contributed by atoms with Gasteiger partial charge in [-0.15, -0.1) is 0 Å². The van der Waals surface area contributed by atoms with E-state index in [1.165, 1.54) is 5.56 Å². The third-order valence-electron chi connectivity index (χ3n) is 3.66. The predicted octanol–water partition coefficient (Wildman–Crippen LogP) is 4.27. The summed E-state index contributed by atoms with van der Waals surface area (Å²) >= 11 is 0. The topological polar surface area (TPSA) is 39.2 Å². The summed E-state index contributed by atoms with van der Waals surface area (Å²) < 4.78 is 4.98. The molecule has 3 heteroatoms. The quantitative estimate of drug-likeness (QED) is 0.716. The Bertz CT molecular complexity index is 578. The summed E-state index contributed by atoms with van der Waals surface area (Å²) in [7, 11) is 0. The highest BCUT2D eigenvalue weighted by atomic mass is 16.5. The van der Waals surface area contributed by atoms with E-state index in [4.69, 9.17) is 4.74 Å². The number of rotatable bonds is 7. The van der Waals surface area contributed by atoms with Gasteiger partial charge in [-0.25, -0.2) is 0 Å². The molecule has 1 heterocycles. The van der Waals surface area contributed by atoms with Crippen LogP contribution in [0.1, 0.15) is 32.3 Å². The Balaban J connectivity index is 1.85. The number of pyridine rings is 1. The fourth-order valence-electron chi connectivity index (χ4n) is 2.40. The monoisotopic (exact) mass is 297 g/mol. The zero-order valence-electron chi connectivity index (χ0n) is 13.3. The van der Waals surface area contributed by atoms with Gasteiger partial charge >= 0.3 is 5.97 Å². The average Bonchev–Trinajstić information content (AvgIpc) is 2.54. The Hall–Kier alpha value is -2.16. The van der Waals surface area contributed by atoms with Crippen LogP contribution < -0.4 is 0 Å². The van der Waals surface area contributed by atoms with E-state index in [-0.39, 0.29) is 5.97 Å². The molecule has 0 bridgehead atoms. The lowest BCUT2D eigenvalue weighted by Crippen LogP contribution is -2.10. The number of carbonyl (C=O) groups excluding carboxylic acids is 1. The molecule has 0 saturated carbocycles. The van der Waals surface area contributed by atoms with Crippen molar-refractivity contribution in [3.63, 3.8) is 0 Å². The number of ether oxygens (including phenoxy) is 1.